The summed E-state index contributed by atoms with van der Waals surface area (Å²) in [5.74, 6) is 1.43. The second kappa shape index (κ2) is 6.40. The molecule has 0 unspecified atom stereocenters. The molecule has 5 nitrogen and oxygen atoms in total. The molecule has 0 spiro atoms. The number of fused-ring (bicyclic) bond motifs is 2. The summed E-state index contributed by atoms with van der Waals surface area (Å²) in [4.78, 5) is 18.3. The van der Waals surface area contributed by atoms with Crippen LogP contribution in [0.5, 0.6) is 11.5 Å². The van der Waals surface area contributed by atoms with E-state index in [0.29, 0.717) is 22.7 Å². The first-order chi connectivity index (χ1) is 13.2. The number of thiophene rings is 1. The highest BCUT2D eigenvalue weighted by molar-refractivity contribution is 7.17. The van der Waals surface area contributed by atoms with E-state index in [1.165, 1.54) is 11.3 Å². The van der Waals surface area contributed by atoms with Crippen LogP contribution in [0.4, 0.5) is 0 Å². The van der Waals surface area contributed by atoms with Crippen LogP contribution in [0.15, 0.2) is 59.0 Å². The third-order valence-corrected chi connectivity index (χ3v) is 5.64. The first kappa shape index (κ1) is 16.4. The number of halogens is 1. The summed E-state index contributed by atoms with van der Waals surface area (Å²) in [6, 6.07) is 13.2. The lowest BCUT2D eigenvalue weighted by atomic mass is 10.1. The van der Waals surface area contributed by atoms with Crippen LogP contribution in [-0.2, 0) is 6.54 Å². The predicted octanol–water partition coefficient (Wildman–Crippen LogP) is 4.56. The van der Waals surface area contributed by atoms with Gasteiger partial charge in [0.05, 0.1) is 18.3 Å². The third-order valence-electron chi connectivity index (χ3n) is 4.51. The van der Waals surface area contributed by atoms with E-state index in [-0.39, 0.29) is 12.4 Å². The van der Waals surface area contributed by atoms with E-state index in [4.69, 9.17) is 21.1 Å². The lowest BCUT2D eigenvalue weighted by Gasteiger charge is -2.07. The molecule has 0 fully saturated rings. The zero-order valence-electron chi connectivity index (χ0n) is 14.0. The van der Waals surface area contributed by atoms with Gasteiger partial charge < -0.3 is 9.47 Å². The Labute approximate surface area is 163 Å². The van der Waals surface area contributed by atoms with E-state index in [9.17, 15) is 4.79 Å². The van der Waals surface area contributed by atoms with Gasteiger partial charge in [-0.15, -0.1) is 11.3 Å². The number of hydrogen-bond donors (Lipinski definition) is 0. The molecule has 0 aliphatic carbocycles. The minimum atomic E-state index is -0.0659. The fraction of sp³-hybridized carbons (Fsp3) is 0.100. The van der Waals surface area contributed by atoms with Crippen LogP contribution in [0.2, 0.25) is 5.02 Å². The molecule has 4 aromatic rings. The zero-order valence-corrected chi connectivity index (χ0v) is 15.6. The average molecular weight is 397 g/mol. The minimum Gasteiger partial charge on any atom is -0.454 e. The molecule has 0 bridgehead atoms. The summed E-state index contributed by atoms with van der Waals surface area (Å²) in [7, 11) is 0. The van der Waals surface area contributed by atoms with E-state index in [1.54, 1.807) is 10.9 Å². The maximum absolute atomic E-state index is 13.1. The van der Waals surface area contributed by atoms with Crippen molar-refractivity contribution >= 4 is 33.2 Å². The second-order valence-electron chi connectivity index (χ2n) is 6.20. The molecular formula is C20H13ClN2O3S. The van der Waals surface area contributed by atoms with Crippen molar-refractivity contribution < 1.29 is 9.47 Å². The van der Waals surface area contributed by atoms with Crippen molar-refractivity contribution in [2.24, 2.45) is 0 Å². The summed E-state index contributed by atoms with van der Waals surface area (Å²) >= 11 is 7.45. The molecule has 0 N–H and O–H groups in total. The number of nitrogens with zero attached hydrogens (tertiary/aromatic N) is 2. The van der Waals surface area contributed by atoms with Gasteiger partial charge in [-0.2, -0.15) is 0 Å². The molecule has 0 saturated heterocycles. The topological polar surface area (TPSA) is 53.4 Å². The maximum Gasteiger partial charge on any atom is 0.263 e. The van der Waals surface area contributed by atoms with Crippen molar-refractivity contribution in [3.63, 3.8) is 0 Å². The summed E-state index contributed by atoms with van der Waals surface area (Å²) in [6.07, 6.45) is 1.59. The number of benzene rings is 2. The second-order valence-corrected chi connectivity index (χ2v) is 7.50. The van der Waals surface area contributed by atoms with Crippen LogP contribution in [0.3, 0.4) is 0 Å². The van der Waals surface area contributed by atoms with Gasteiger partial charge in [-0.3, -0.25) is 9.36 Å². The van der Waals surface area contributed by atoms with Crippen LogP contribution < -0.4 is 15.0 Å². The highest BCUT2D eigenvalue weighted by atomic mass is 35.5. The summed E-state index contributed by atoms with van der Waals surface area (Å²) in [5.41, 5.74) is 2.71. The Kier molecular flexibility index (Phi) is 3.88. The van der Waals surface area contributed by atoms with Crippen molar-refractivity contribution in [1.29, 1.82) is 0 Å². The van der Waals surface area contributed by atoms with Gasteiger partial charge in [-0.05, 0) is 35.4 Å². The van der Waals surface area contributed by atoms with Gasteiger partial charge in [0.15, 0.2) is 11.5 Å². The predicted molar refractivity (Wildman–Crippen MR) is 106 cm³/mol. The van der Waals surface area contributed by atoms with E-state index >= 15 is 0 Å². The largest absolute Gasteiger partial charge is 0.454 e. The van der Waals surface area contributed by atoms with Crippen LogP contribution in [0.25, 0.3) is 21.3 Å². The number of hydrogen-bond acceptors (Lipinski definition) is 5. The van der Waals surface area contributed by atoms with Gasteiger partial charge in [0.1, 0.15) is 4.83 Å². The zero-order chi connectivity index (χ0) is 18.4. The van der Waals surface area contributed by atoms with E-state index < -0.39 is 0 Å². The SMILES string of the molecule is O=c1c2c(-c3ccc(Cl)cc3)csc2ncn1Cc1ccc2c(c1)OCO2. The summed E-state index contributed by atoms with van der Waals surface area (Å²) in [5, 5.41) is 3.26. The fourth-order valence-corrected chi connectivity index (χ4v) is 4.19. The molecule has 2 aromatic heterocycles. The van der Waals surface area contributed by atoms with Gasteiger partial charge >= 0.3 is 0 Å². The minimum absolute atomic E-state index is 0.0659. The number of rotatable bonds is 3. The quantitative estimate of drug-likeness (QED) is 0.509. The molecule has 0 atom stereocenters. The van der Waals surface area contributed by atoms with Gasteiger partial charge in [-0.25, -0.2) is 4.98 Å². The van der Waals surface area contributed by atoms with Crippen molar-refractivity contribution in [3.8, 4) is 22.6 Å². The Morgan fingerprint density at radius 2 is 1.93 bits per heavy atom. The molecule has 0 radical (unpaired) electrons. The smallest absolute Gasteiger partial charge is 0.263 e. The first-order valence-corrected chi connectivity index (χ1v) is 9.56. The van der Waals surface area contributed by atoms with Crippen LogP contribution in [-0.4, -0.2) is 16.3 Å². The fourth-order valence-electron chi connectivity index (χ4n) is 3.16. The van der Waals surface area contributed by atoms with Gasteiger partial charge in [0, 0.05) is 16.0 Å². The molecule has 1 aliphatic heterocycles. The standard InChI is InChI=1S/C20H13ClN2O3S/c21-14-4-2-13(3-5-14)15-9-27-19-18(15)20(24)23(10-22-19)8-12-1-6-16-17(7-12)26-11-25-16/h1-7,9-10H,8,11H2. The molecule has 3 heterocycles. The Balaban J connectivity index is 1.58. The molecule has 0 saturated carbocycles. The van der Waals surface area contributed by atoms with Gasteiger partial charge in [0.25, 0.3) is 5.56 Å². The highest BCUT2D eigenvalue weighted by Crippen LogP contribution is 2.33. The summed E-state index contributed by atoms with van der Waals surface area (Å²) in [6.45, 7) is 0.639. The first-order valence-electron chi connectivity index (χ1n) is 8.30. The molecule has 1 aliphatic rings. The monoisotopic (exact) mass is 396 g/mol. The summed E-state index contributed by atoms with van der Waals surface area (Å²) < 4.78 is 12.4. The lowest BCUT2D eigenvalue weighted by Crippen LogP contribution is -2.20. The van der Waals surface area contributed by atoms with Crippen molar-refractivity contribution in [3.05, 3.63) is 75.1 Å². The highest BCUT2D eigenvalue weighted by Gasteiger charge is 2.16. The molecule has 2 aromatic carbocycles. The Hall–Kier alpha value is -2.83. The lowest BCUT2D eigenvalue weighted by molar-refractivity contribution is 0.174. The molecule has 27 heavy (non-hydrogen) atoms. The molecule has 0 amide bonds. The van der Waals surface area contributed by atoms with Crippen molar-refractivity contribution in [1.82, 2.24) is 9.55 Å². The van der Waals surface area contributed by atoms with Gasteiger partial charge in [-0.1, -0.05) is 29.8 Å². The Morgan fingerprint density at radius 1 is 1.11 bits per heavy atom. The van der Waals surface area contributed by atoms with Crippen LogP contribution >= 0.6 is 22.9 Å². The van der Waals surface area contributed by atoms with Crippen molar-refractivity contribution in [2.45, 2.75) is 6.54 Å². The maximum atomic E-state index is 13.1. The Bertz CT molecular complexity index is 1210. The normalized spacial score (nSPS) is 12.6. The van der Waals surface area contributed by atoms with Crippen LogP contribution in [0.1, 0.15) is 5.56 Å². The Morgan fingerprint density at radius 3 is 2.78 bits per heavy atom. The van der Waals surface area contributed by atoms with E-state index in [0.717, 1.165) is 27.3 Å². The van der Waals surface area contributed by atoms with Gasteiger partial charge in [0.2, 0.25) is 6.79 Å². The average Bonchev–Trinajstić information content (AvgIpc) is 3.31. The van der Waals surface area contributed by atoms with Crippen molar-refractivity contribution in [2.75, 3.05) is 6.79 Å². The van der Waals surface area contributed by atoms with Crippen LogP contribution in [0, 0.1) is 0 Å². The third kappa shape index (κ3) is 2.87. The molecule has 7 heteroatoms. The number of ether oxygens (including phenoxy) is 2. The van der Waals surface area contributed by atoms with E-state index in [1.807, 2.05) is 47.8 Å². The number of aromatic nitrogens is 2. The molecule has 134 valence electrons. The molecular weight excluding hydrogens is 384 g/mol. The van der Waals surface area contributed by atoms with E-state index in [2.05, 4.69) is 4.98 Å². The molecule has 5 rings (SSSR count).